The lowest BCUT2D eigenvalue weighted by molar-refractivity contribution is -0.125. The van der Waals surface area contributed by atoms with Crippen molar-refractivity contribution in [3.63, 3.8) is 0 Å². The molecule has 0 saturated heterocycles. The van der Waals surface area contributed by atoms with E-state index in [1.165, 1.54) is 25.7 Å². The van der Waals surface area contributed by atoms with Crippen LogP contribution in [0.1, 0.15) is 51.9 Å². The first-order valence-corrected chi connectivity index (χ1v) is 6.69. The van der Waals surface area contributed by atoms with Crippen molar-refractivity contribution in [3.8, 4) is 0 Å². The van der Waals surface area contributed by atoms with Crippen LogP contribution in [0.15, 0.2) is 0 Å². The number of ether oxygens (including phenoxy) is 1. The largest absolute Gasteiger partial charge is 0.378 e. The predicted octanol–water partition coefficient (Wildman–Crippen LogP) is 2.25. The van der Waals surface area contributed by atoms with Crippen LogP contribution in [0.5, 0.6) is 0 Å². The van der Waals surface area contributed by atoms with E-state index in [1.807, 2.05) is 6.92 Å². The molecule has 2 saturated carbocycles. The lowest BCUT2D eigenvalue weighted by Gasteiger charge is -2.34. The Morgan fingerprint density at radius 1 is 1.31 bits per heavy atom. The minimum absolute atomic E-state index is 0.256. The van der Waals surface area contributed by atoms with Crippen LogP contribution in [0.25, 0.3) is 0 Å². The fraction of sp³-hybridized carbons (Fsp3) is 0.923. The van der Waals surface area contributed by atoms with Crippen molar-refractivity contribution in [2.45, 2.75) is 64.0 Å². The van der Waals surface area contributed by atoms with Crippen LogP contribution >= 0.6 is 0 Å². The second-order valence-corrected chi connectivity index (χ2v) is 5.17. The Kier molecular flexibility index (Phi) is 4.22. The highest BCUT2D eigenvalue weighted by Crippen LogP contribution is 2.32. The van der Waals surface area contributed by atoms with Crippen molar-refractivity contribution >= 4 is 5.91 Å². The van der Waals surface area contributed by atoms with Gasteiger partial charge >= 0.3 is 0 Å². The van der Waals surface area contributed by atoms with E-state index >= 15 is 0 Å². The molecular weight excluding hydrogens is 202 g/mol. The van der Waals surface area contributed by atoms with E-state index in [2.05, 4.69) is 5.32 Å². The van der Waals surface area contributed by atoms with Gasteiger partial charge in [-0.05, 0) is 38.5 Å². The Balaban J connectivity index is 1.58. The van der Waals surface area contributed by atoms with Gasteiger partial charge in [-0.3, -0.25) is 4.79 Å². The normalized spacial score (nSPS) is 30.1. The summed E-state index contributed by atoms with van der Waals surface area (Å²) in [5.74, 6) is 0.824. The Bertz CT molecular complexity index is 230. The predicted molar refractivity (Wildman–Crippen MR) is 63.2 cm³/mol. The number of rotatable bonds is 5. The molecule has 0 aromatic rings. The number of amides is 1. The van der Waals surface area contributed by atoms with E-state index in [0.29, 0.717) is 24.5 Å². The summed E-state index contributed by atoms with van der Waals surface area (Å²) in [4.78, 5) is 11.7. The van der Waals surface area contributed by atoms with E-state index in [4.69, 9.17) is 4.74 Å². The average molecular weight is 225 g/mol. The minimum atomic E-state index is 0.256. The van der Waals surface area contributed by atoms with Gasteiger partial charge in [-0.15, -0.1) is 0 Å². The van der Waals surface area contributed by atoms with E-state index in [0.717, 1.165) is 19.4 Å². The number of hydrogen-bond acceptors (Lipinski definition) is 2. The van der Waals surface area contributed by atoms with Crippen molar-refractivity contribution in [3.05, 3.63) is 0 Å². The van der Waals surface area contributed by atoms with E-state index in [9.17, 15) is 4.79 Å². The molecule has 1 N–H and O–H groups in total. The molecule has 0 aromatic heterocycles. The smallest absolute Gasteiger partial charge is 0.220 e. The first-order chi connectivity index (χ1) is 7.78. The summed E-state index contributed by atoms with van der Waals surface area (Å²) in [6, 6.07) is 0.468. The summed E-state index contributed by atoms with van der Waals surface area (Å²) in [6.45, 7) is 2.83. The zero-order valence-corrected chi connectivity index (χ0v) is 10.2. The van der Waals surface area contributed by atoms with Crippen molar-refractivity contribution in [2.75, 3.05) is 6.61 Å². The molecule has 0 atom stereocenters. The third-order valence-corrected chi connectivity index (χ3v) is 3.79. The monoisotopic (exact) mass is 225 g/mol. The second-order valence-electron chi connectivity index (χ2n) is 5.17. The standard InChI is InChI=1S/C13H23NO2/c1-2-16-12-7-10(8-12)9-13(15)14-11-5-3-4-6-11/h10-12H,2-9H2,1H3,(H,14,15). The molecular formula is C13H23NO2. The van der Waals surface area contributed by atoms with Crippen LogP contribution in [0.2, 0.25) is 0 Å². The fourth-order valence-corrected chi connectivity index (χ4v) is 2.83. The van der Waals surface area contributed by atoms with Gasteiger partial charge in [-0.25, -0.2) is 0 Å². The van der Waals surface area contributed by atoms with Crippen molar-refractivity contribution in [2.24, 2.45) is 5.92 Å². The summed E-state index contributed by atoms with van der Waals surface area (Å²) in [7, 11) is 0. The van der Waals surface area contributed by atoms with Crippen molar-refractivity contribution in [1.29, 1.82) is 0 Å². The molecule has 0 spiro atoms. The van der Waals surface area contributed by atoms with Crippen molar-refractivity contribution < 1.29 is 9.53 Å². The molecule has 2 aliphatic rings. The highest BCUT2D eigenvalue weighted by molar-refractivity contribution is 5.76. The Morgan fingerprint density at radius 2 is 2.00 bits per heavy atom. The summed E-state index contributed by atoms with van der Waals surface area (Å²) in [6.07, 6.45) is 8.20. The zero-order valence-electron chi connectivity index (χ0n) is 10.2. The van der Waals surface area contributed by atoms with Crippen LogP contribution in [0.4, 0.5) is 0 Å². The van der Waals surface area contributed by atoms with Crippen LogP contribution in [-0.2, 0) is 9.53 Å². The molecule has 0 aromatic carbocycles. The summed E-state index contributed by atoms with van der Waals surface area (Å²) in [5, 5.41) is 3.15. The topological polar surface area (TPSA) is 38.3 Å². The van der Waals surface area contributed by atoms with Gasteiger partial charge in [0.25, 0.3) is 0 Å². The SMILES string of the molecule is CCOC1CC(CC(=O)NC2CCCC2)C1. The number of nitrogens with one attached hydrogen (secondary N) is 1. The van der Waals surface area contributed by atoms with E-state index < -0.39 is 0 Å². The van der Waals surface area contributed by atoms with Crippen molar-refractivity contribution in [1.82, 2.24) is 5.32 Å². The van der Waals surface area contributed by atoms with Gasteiger partial charge in [-0.2, -0.15) is 0 Å². The quantitative estimate of drug-likeness (QED) is 0.779. The molecule has 0 heterocycles. The second kappa shape index (κ2) is 5.67. The highest BCUT2D eigenvalue weighted by Gasteiger charge is 2.31. The number of hydrogen-bond donors (Lipinski definition) is 1. The molecule has 0 radical (unpaired) electrons. The van der Waals surface area contributed by atoms with Gasteiger partial charge in [-0.1, -0.05) is 12.8 Å². The maximum Gasteiger partial charge on any atom is 0.220 e. The summed E-state index contributed by atoms with van der Waals surface area (Å²) >= 11 is 0. The maximum absolute atomic E-state index is 11.7. The Labute approximate surface area is 97.9 Å². The Hall–Kier alpha value is -0.570. The molecule has 0 unspecified atom stereocenters. The van der Waals surface area contributed by atoms with Crippen LogP contribution in [0, 0.1) is 5.92 Å². The highest BCUT2D eigenvalue weighted by atomic mass is 16.5. The van der Waals surface area contributed by atoms with Crippen LogP contribution in [-0.4, -0.2) is 24.7 Å². The average Bonchev–Trinajstić information content (AvgIpc) is 2.67. The Morgan fingerprint density at radius 3 is 2.62 bits per heavy atom. The number of carbonyl (C=O) groups is 1. The molecule has 2 rings (SSSR count). The first-order valence-electron chi connectivity index (χ1n) is 6.69. The summed E-state index contributed by atoms with van der Waals surface area (Å²) in [5.41, 5.74) is 0. The number of carbonyl (C=O) groups excluding carboxylic acids is 1. The van der Waals surface area contributed by atoms with Gasteiger partial charge in [0.15, 0.2) is 0 Å². The van der Waals surface area contributed by atoms with E-state index in [-0.39, 0.29) is 5.91 Å². The van der Waals surface area contributed by atoms with Crippen LogP contribution < -0.4 is 5.32 Å². The molecule has 0 aliphatic heterocycles. The molecule has 3 nitrogen and oxygen atoms in total. The van der Waals surface area contributed by atoms with E-state index in [1.54, 1.807) is 0 Å². The fourth-order valence-electron chi connectivity index (χ4n) is 2.83. The van der Waals surface area contributed by atoms with Crippen LogP contribution in [0.3, 0.4) is 0 Å². The zero-order chi connectivity index (χ0) is 11.4. The molecule has 3 heteroatoms. The van der Waals surface area contributed by atoms with Gasteiger partial charge in [0.1, 0.15) is 0 Å². The lowest BCUT2D eigenvalue weighted by atomic mass is 9.80. The molecule has 2 fully saturated rings. The minimum Gasteiger partial charge on any atom is -0.378 e. The third-order valence-electron chi connectivity index (χ3n) is 3.79. The lowest BCUT2D eigenvalue weighted by Crippen LogP contribution is -2.38. The van der Waals surface area contributed by atoms with Gasteiger partial charge in [0.05, 0.1) is 6.10 Å². The molecule has 0 bridgehead atoms. The van der Waals surface area contributed by atoms with Gasteiger partial charge < -0.3 is 10.1 Å². The molecule has 1 amide bonds. The van der Waals surface area contributed by atoms with Gasteiger partial charge in [0.2, 0.25) is 5.91 Å². The first kappa shape index (κ1) is 11.9. The third kappa shape index (κ3) is 3.21. The van der Waals surface area contributed by atoms with Gasteiger partial charge in [0, 0.05) is 19.1 Å². The summed E-state index contributed by atoms with van der Waals surface area (Å²) < 4.78 is 5.49. The molecule has 2 aliphatic carbocycles. The molecule has 16 heavy (non-hydrogen) atoms. The molecule has 92 valence electrons. The maximum atomic E-state index is 11.7.